The Labute approximate surface area is 31.8 Å². The fourth-order valence-corrected chi connectivity index (χ4v) is 0.0833. The summed E-state index contributed by atoms with van der Waals surface area (Å²) < 4.78 is 0. The highest BCUT2D eigenvalue weighted by molar-refractivity contribution is 5.54. The average molecular weight is 69.1 g/mol. The third kappa shape index (κ3) is 3.41. The molecule has 0 aromatic heterocycles. The van der Waals surface area contributed by atoms with Gasteiger partial charge in [-0.05, 0) is 12.6 Å². The lowest BCUT2D eigenvalue weighted by Gasteiger charge is -1.63. The highest BCUT2D eigenvalue weighted by Crippen LogP contribution is 1.64. The molecule has 0 aliphatic rings. The largest absolute Gasteiger partial charge is 0.313 e. The Morgan fingerprint density at radius 3 is 2.40 bits per heavy atom. The molecule has 28 valence electrons. The van der Waals surface area contributed by atoms with E-state index in [1.807, 2.05) is 0 Å². The van der Waals surface area contributed by atoms with E-state index in [9.17, 15) is 0 Å². The van der Waals surface area contributed by atoms with Crippen molar-refractivity contribution in [3.05, 3.63) is 12.7 Å². The highest BCUT2D eigenvalue weighted by atomic mass is 14.3. The lowest BCUT2D eigenvalue weighted by Crippen LogP contribution is -1.57. The number of hydrogen-bond acceptors (Lipinski definition) is 1. The van der Waals surface area contributed by atoms with Crippen LogP contribution in [0.15, 0.2) is 12.7 Å². The molecule has 0 unspecified atom stereocenters. The van der Waals surface area contributed by atoms with Gasteiger partial charge in [0.15, 0.2) is 0 Å². The number of allylic oxidation sites excluding steroid dienone is 1. The van der Waals surface area contributed by atoms with Crippen molar-refractivity contribution in [1.29, 1.82) is 5.41 Å². The first-order chi connectivity index (χ1) is 2.41. The molecule has 0 atom stereocenters. The lowest BCUT2D eigenvalue weighted by molar-refractivity contribution is 1.45. The van der Waals surface area contributed by atoms with Crippen LogP contribution in [0, 0.1) is 5.41 Å². The minimum atomic E-state index is 0.694. The topological polar surface area (TPSA) is 23.9 Å². The molecule has 0 heterocycles. The Hall–Kier alpha value is -0.590. The molecule has 0 aliphatic heterocycles. The van der Waals surface area contributed by atoms with Gasteiger partial charge in [-0.3, -0.25) is 0 Å². The molecule has 0 saturated heterocycles. The van der Waals surface area contributed by atoms with E-state index in [0.717, 1.165) is 0 Å². The Morgan fingerprint density at radius 2 is 2.40 bits per heavy atom. The number of nitrogens with one attached hydrogen (secondary N) is 1. The molecule has 1 heteroatoms. The van der Waals surface area contributed by atoms with E-state index in [1.165, 1.54) is 6.21 Å². The molecule has 0 bridgehead atoms. The summed E-state index contributed by atoms with van der Waals surface area (Å²) in [5.74, 6) is 0. The molecule has 0 saturated carbocycles. The summed E-state index contributed by atoms with van der Waals surface area (Å²) in [6.07, 6.45) is 3.69. The zero-order valence-electron chi connectivity index (χ0n) is 3.07. The molecule has 0 rings (SSSR count). The van der Waals surface area contributed by atoms with Gasteiger partial charge in [-0.15, -0.1) is 6.58 Å². The normalized spacial score (nSPS) is 6.40. The first-order valence-electron chi connectivity index (χ1n) is 1.51. The van der Waals surface area contributed by atoms with Gasteiger partial charge < -0.3 is 5.41 Å². The molecule has 1 nitrogen and oxygen atoms in total. The molecule has 0 aliphatic carbocycles. The summed E-state index contributed by atoms with van der Waals surface area (Å²) in [7, 11) is 0. The lowest BCUT2D eigenvalue weighted by atomic mass is 10.5. The molecule has 0 amide bonds. The van der Waals surface area contributed by atoms with E-state index in [-0.39, 0.29) is 0 Å². The van der Waals surface area contributed by atoms with Crippen molar-refractivity contribution in [3.63, 3.8) is 0 Å². The summed E-state index contributed by atoms with van der Waals surface area (Å²) in [6, 6.07) is 0. The SMILES string of the molecule is C=CCC=N. The van der Waals surface area contributed by atoms with Crippen molar-refractivity contribution in [2.24, 2.45) is 0 Å². The van der Waals surface area contributed by atoms with Crippen LogP contribution in [0.2, 0.25) is 0 Å². The van der Waals surface area contributed by atoms with Crippen LogP contribution in [0.4, 0.5) is 0 Å². The van der Waals surface area contributed by atoms with Gasteiger partial charge in [-0.1, -0.05) is 6.08 Å². The molecule has 0 fully saturated rings. The molecular formula is C4H7N. The maximum atomic E-state index is 6.41. The fourth-order valence-electron chi connectivity index (χ4n) is 0.0833. The summed E-state index contributed by atoms with van der Waals surface area (Å²) in [5.41, 5.74) is 0. The third-order valence-corrected chi connectivity index (χ3v) is 0.285. The van der Waals surface area contributed by atoms with Crippen LogP contribution < -0.4 is 0 Å². The van der Waals surface area contributed by atoms with Crippen LogP contribution in [0.3, 0.4) is 0 Å². The van der Waals surface area contributed by atoms with Crippen molar-refractivity contribution >= 4 is 6.21 Å². The zero-order chi connectivity index (χ0) is 4.12. The van der Waals surface area contributed by atoms with Crippen molar-refractivity contribution in [2.45, 2.75) is 6.42 Å². The van der Waals surface area contributed by atoms with Gasteiger partial charge in [0.05, 0.1) is 0 Å². The van der Waals surface area contributed by atoms with Crippen molar-refractivity contribution in [1.82, 2.24) is 0 Å². The predicted octanol–water partition coefficient (Wildman–Crippen LogP) is 1.21. The Morgan fingerprint density at radius 1 is 1.80 bits per heavy atom. The standard InChI is InChI=1S/C4H7N/c1-2-3-4-5/h2,4-5H,1,3H2. The molecule has 0 radical (unpaired) electrons. The van der Waals surface area contributed by atoms with Gasteiger partial charge in [0.25, 0.3) is 0 Å². The van der Waals surface area contributed by atoms with E-state index in [0.29, 0.717) is 6.42 Å². The van der Waals surface area contributed by atoms with E-state index in [4.69, 9.17) is 5.41 Å². The Kier molecular flexibility index (Phi) is 3.01. The van der Waals surface area contributed by atoms with Gasteiger partial charge in [-0.25, -0.2) is 0 Å². The van der Waals surface area contributed by atoms with Crippen molar-refractivity contribution < 1.29 is 0 Å². The highest BCUT2D eigenvalue weighted by Gasteiger charge is 1.54. The summed E-state index contributed by atoms with van der Waals surface area (Å²) in [6.45, 7) is 3.40. The number of rotatable bonds is 2. The minimum absolute atomic E-state index is 0.694. The Bertz CT molecular complexity index is 32.9. The van der Waals surface area contributed by atoms with Crippen molar-refractivity contribution in [2.75, 3.05) is 0 Å². The fraction of sp³-hybridized carbons (Fsp3) is 0.250. The van der Waals surface area contributed by atoms with Crippen LogP contribution in [-0.4, -0.2) is 6.21 Å². The van der Waals surface area contributed by atoms with Gasteiger partial charge in [0, 0.05) is 0 Å². The molecule has 5 heavy (non-hydrogen) atoms. The van der Waals surface area contributed by atoms with Crippen LogP contribution >= 0.6 is 0 Å². The number of hydrogen-bond donors (Lipinski definition) is 1. The maximum Gasteiger partial charge on any atom is -0.000286 e. The Balaban J connectivity index is 2.65. The monoisotopic (exact) mass is 69.1 g/mol. The van der Waals surface area contributed by atoms with Crippen LogP contribution in [-0.2, 0) is 0 Å². The molecular weight excluding hydrogens is 62.1 g/mol. The maximum absolute atomic E-state index is 6.41. The first-order valence-corrected chi connectivity index (χ1v) is 1.51. The molecule has 0 aromatic rings. The van der Waals surface area contributed by atoms with Gasteiger partial charge in [0.2, 0.25) is 0 Å². The average Bonchev–Trinajstić information content (AvgIpc) is 1.41. The predicted molar refractivity (Wildman–Crippen MR) is 23.6 cm³/mol. The van der Waals surface area contributed by atoms with Gasteiger partial charge >= 0.3 is 0 Å². The van der Waals surface area contributed by atoms with E-state index in [1.54, 1.807) is 6.08 Å². The smallest absolute Gasteiger partial charge is 0.000286 e. The van der Waals surface area contributed by atoms with E-state index in [2.05, 4.69) is 6.58 Å². The third-order valence-electron chi connectivity index (χ3n) is 0.285. The minimum Gasteiger partial charge on any atom is -0.313 e. The van der Waals surface area contributed by atoms with Crippen molar-refractivity contribution in [3.8, 4) is 0 Å². The first kappa shape index (κ1) is 4.41. The van der Waals surface area contributed by atoms with Crippen LogP contribution in [0.5, 0.6) is 0 Å². The summed E-state index contributed by atoms with van der Waals surface area (Å²) in [5, 5.41) is 6.41. The van der Waals surface area contributed by atoms with Gasteiger partial charge in [0.1, 0.15) is 0 Å². The van der Waals surface area contributed by atoms with E-state index >= 15 is 0 Å². The second-order valence-corrected chi connectivity index (χ2v) is 0.729. The summed E-state index contributed by atoms with van der Waals surface area (Å²) in [4.78, 5) is 0. The van der Waals surface area contributed by atoms with E-state index < -0.39 is 0 Å². The quantitative estimate of drug-likeness (QED) is 0.372. The zero-order valence-corrected chi connectivity index (χ0v) is 3.07. The molecule has 0 aromatic carbocycles. The van der Waals surface area contributed by atoms with Crippen LogP contribution in [0.25, 0.3) is 0 Å². The second-order valence-electron chi connectivity index (χ2n) is 0.729. The van der Waals surface area contributed by atoms with Gasteiger partial charge in [-0.2, -0.15) is 0 Å². The second kappa shape index (κ2) is 3.41. The summed E-state index contributed by atoms with van der Waals surface area (Å²) >= 11 is 0. The molecule has 1 N–H and O–H groups in total. The van der Waals surface area contributed by atoms with Crippen LogP contribution in [0.1, 0.15) is 6.42 Å². The molecule has 0 spiro atoms.